The molecule has 1 atom stereocenters. The second kappa shape index (κ2) is 7.83. The number of piperazine rings is 1. The summed E-state index contributed by atoms with van der Waals surface area (Å²) in [7, 11) is 1.51. The van der Waals surface area contributed by atoms with Gasteiger partial charge in [-0.3, -0.25) is 4.90 Å². The minimum atomic E-state index is -0.985. The molecule has 0 aliphatic carbocycles. The van der Waals surface area contributed by atoms with Gasteiger partial charge in [-0.05, 0) is 6.42 Å². The minimum Gasteiger partial charge on any atom is -0.465 e. The smallest absolute Gasteiger partial charge is 0.409 e. The summed E-state index contributed by atoms with van der Waals surface area (Å²) in [6.45, 7) is 3.65. The Kier molecular flexibility index (Phi) is 6.41. The summed E-state index contributed by atoms with van der Waals surface area (Å²) in [5.74, 6) is 0. The number of ether oxygens (including phenoxy) is 2. The van der Waals surface area contributed by atoms with E-state index in [1.54, 1.807) is 4.90 Å². The van der Waals surface area contributed by atoms with Gasteiger partial charge in [0.1, 0.15) is 0 Å². The zero-order valence-electron chi connectivity index (χ0n) is 11.5. The van der Waals surface area contributed by atoms with Gasteiger partial charge in [0.2, 0.25) is 0 Å². The Morgan fingerprint density at radius 1 is 1.37 bits per heavy atom. The van der Waals surface area contributed by atoms with Crippen LogP contribution in [-0.4, -0.2) is 73.1 Å². The molecule has 1 saturated heterocycles. The van der Waals surface area contributed by atoms with Gasteiger partial charge < -0.3 is 19.5 Å². The molecule has 1 rings (SSSR count). The molecule has 0 saturated carbocycles. The predicted octanol–water partition coefficient (Wildman–Crippen LogP) is 1.23. The first-order valence-electron chi connectivity index (χ1n) is 6.50. The van der Waals surface area contributed by atoms with E-state index in [1.807, 2.05) is 6.92 Å². The van der Waals surface area contributed by atoms with Crippen molar-refractivity contribution in [2.24, 2.45) is 0 Å². The van der Waals surface area contributed by atoms with Gasteiger partial charge in [0.05, 0.1) is 19.3 Å². The number of methoxy groups -OCH3 is 1. The number of unbranched alkanes of at least 4 members (excludes halogenated alkanes) is 1. The number of amides is 2. The highest BCUT2D eigenvalue weighted by Crippen LogP contribution is 2.12. The molecule has 1 heterocycles. The van der Waals surface area contributed by atoms with Crippen molar-refractivity contribution in [1.82, 2.24) is 9.80 Å². The fraction of sp³-hybridized carbons (Fsp3) is 0.833. The first kappa shape index (κ1) is 15.6. The lowest BCUT2D eigenvalue weighted by molar-refractivity contribution is 0.0223. The van der Waals surface area contributed by atoms with Gasteiger partial charge in [0, 0.05) is 26.7 Å². The van der Waals surface area contributed by atoms with Gasteiger partial charge in [-0.15, -0.1) is 0 Å². The van der Waals surface area contributed by atoms with E-state index in [0.29, 0.717) is 19.7 Å². The highest BCUT2D eigenvalue weighted by Gasteiger charge is 2.32. The standard InChI is InChI=1S/C12H22N2O5/c1-3-4-7-19-12(17)13-5-6-14(11(15)16)10(8-13)9-18-2/h10H,3-9H2,1-2H3,(H,15,16). The molecule has 0 aromatic carbocycles. The van der Waals surface area contributed by atoms with Crippen molar-refractivity contribution in [3.63, 3.8) is 0 Å². The SMILES string of the molecule is CCCCOC(=O)N1CCN(C(=O)O)C(COC)C1. The quantitative estimate of drug-likeness (QED) is 0.763. The maximum Gasteiger partial charge on any atom is 0.409 e. The van der Waals surface area contributed by atoms with E-state index in [0.717, 1.165) is 12.8 Å². The van der Waals surface area contributed by atoms with Gasteiger partial charge in [0.25, 0.3) is 0 Å². The van der Waals surface area contributed by atoms with Crippen molar-refractivity contribution in [2.75, 3.05) is 40.0 Å². The van der Waals surface area contributed by atoms with Crippen LogP contribution in [-0.2, 0) is 9.47 Å². The Morgan fingerprint density at radius 3 is 2.68 bits per heavy atom. The Bertz CT molecular complexity index is 310. The predicted molar refractivity (Wildman–Crippen MR) is 68.2 cm³/mol. The van der Waals surface area contributed by atoms with E-state index in [4.69, 9.17) is 14.6 Å². The number of carbonyl (C=O) groups excluding carboxylic acids is 1. The zero-order chi connectivity index (χ0) is 14.3. The van der Waals surface area contributed by atoms with Crippen LogP contribution in [0.3, 0.4) is 0 Å². The molecule has 0 spiro atoms. The van der Waals surface area contributed by atoms with Gasteiger partial charge in [-0.2, -0.15) is 0 Å². The number of carboxylic acid groups (broad SMARTS) is 1. The number of rotatable bonds is 5. The van der Waals surface area contributed by atoms with Crippen molar-refractivity contribution >= 4 is 12.2 Å². The summed E-state index contributed by atoms with van der Waals surface area (Å²) in [6.07, 6.45) is 0.440. The lowest BCUT2D eigenvalue weighted by Crippen LogP contribution is -2.57. The Morgan fingerprint density at radius 2 is 2.11 bits per heavy atom. The van der Waals surface area contributed by atoms with E-state index in [2.05, 4.69) is 0 Å². The molecule has 0 radical (unpaired) electrons. The third-order valence-electron chi connectivity index (χ3n) is 3.07. The molecule has 7 heteroatoms. The number of hydrogen-bond donors (Lipinski definition) is 1. The second-order valence-electron chi connectivity index (χ2n) is 4.50. The third kappa shape index (κ3) is 4.59. The monoisotopic (exact) mass is 274 g/mol. The average molecular weight is 274 g/mol. The van der Waals surface area contributed by atoms with Crippen molar-refractivity contribution in [3.05, 3.63) is 0 Å². The topological polar surface area (TPSA) is 79.3 Å². The first-order chi connectivity index (χ1) is 9.10. The molecule has 1 aliphatic rings. The van der Waals surface area contributed by atoms with Crippen LogP contribution in [0.2, 0.25) is 0 Å². The van der Waals surface area contributed by atoms with E-state index >= 15 is 0 Å². The van der Waals surface area contributed by atoms with Crippen molar-refractivity contribution in [1.29, 1.82) is 0 Å². The molecular formula is C12H22N2O5. The van der Waals surface area contributed by atoms with Gasteiger partial charge in [-0.25, -0.2) is 9.59 Å². The first-order valence-corrected chi connectivity index (χ1v) is 6.50. The lowest BCUT2D eigenvalue weighted by atomic mass is 10.2. The number of hydrogen-bond acceptors (Lipinski definition) is 4. The third-order valence-corrected chi connectivity index (χ3v) is 3.07. The van der Waals surface area contributed by atoms with Crippen LogP contribution in [0.5, 0.6) is 0 Å². The Balaban J connectivity index is 2.50. The summed E-state index contributed by atoms with van der Waals surface area (Å²) in [5.41, 5.74) is 0. The summed E-state index contributed by atoms with van der Waals surface area (Å²) >= 11 is 0. The normalized spacial score (nSPS) is 19.4. The summed E-state index contributed by atoms with van der Waals surface area (Å²) in [6, 6.07) is -0.338. The summed E-state index contributed by atoms with van der Waals surface area (Å²) in [4.78, 5) is 25.7. The van der Waals surface area contributed by atoms with Crippen LogP contribution in [0.4, 0.5) is 9.59 Å². The summed E-state index contributed by atoms with van der Waals surface area (Å²) < 4.78 is 10.1. The maximum absolute atomic E-state index is 11.8. The molecular weight excluding hydrogens is 252 g/mol. The van der Waals surface area contributed by atoms with Crippen LogP contribution in [0.25, 0.3) is 0 Å². The fourth-order valence-electron chi connectivity index (χ4n) is 2.00. The van der Waals surface area contributed by atoms with E-state index in [-0.39, 0.29) is 25.3 Å². The van der Waals surface area contributed by atoms with Crippen molar-refractivity contribution in [2.45, 2.75) is 25.8 Å². The lowest BCUT2D eigenvalue weighted by Gasteiger charge is -2.38. The molecule has 1 N–H and O–H groups in total. The molecule has 0 aromatic heterocycles. The zero-order valence-corrected chi connectivity index (χ0v) is 11.5. The van der Waals surface area contributed by atoms with Crippen LogP contribution < -0.4 is 0 Å². The Hall–Kier alpha value is -1.50. The van der Waals surface area contributed by atoms with Crippen LogP contribution in [0.15, 0.2) is 0 Å². The van der Waals surface area contributed by atoms with Crippen molar-refractivity contribution < 1.29 is 24.2 Å². The van der Waals surface area contributed by atoms with Crippen LogP contribution in [0, 0.1) is 0 Å². The van der Waals surface area contributed by atoms with E-state index < -0.39 is 6.09 Å². The molecule has 0 aromatic rings. The molecule has 110 valence electrons. The molecule has 1 aliphatic heterocycles. The van der Waals surface area contributed by atoms with Crippen LogP contribution in [0.1, 0.15) is 19.8 Å². The molecule has 1 fully saturated rings. The van der Waals surface area contributed by atoms with E-state index in [1.165, 1.54) is 12.0 Å². The molecule has 1 unspecified atom stereocenters. The number of nitrogens with zero attached hydrogens (tertiary/aromatic N) is 2. The fourth-order valence-corrected chi connectivity index (χ4v) is 2.00. The molecule has 2 amide bonds. The van der Waals surface area contributed by atoms with Crippen LogP contribution >= 0.6 is 0 Å². The van der Waals surface area contributed by atoms with Gasteiger partial charge >= 0.3 is 12.2 Å². The largest absolute Gasteiger partial charge is 0.465 e. The maximum atomic E-state index is 11.8. The average Bonchev–Trinajstić information content (AvgIpc) is 2.39. The number of carbonyl (C=O) groups is 2. The summed E-state index contributed by atoms with van der Waals surface area (Å²) in [5, 5.41) is 9.07. The second-order valence-corrected chi connectivity index (χ2v) is 4.50. The highest BCUT2D eigenvalue weighted by molar-refractivity contribution is 5.69. The van der Waals surface area contributed by atoms with E-state index in [9.17, 15) is 9.59 Å². The molecule has 19 heavy (non-hydrogen) atoms. The van der Waals surface area contributed by atoms with Gasteiger partial charge in [0.15, 0.2) is 0 Å². The minimum absolute atomic E-state index is 0.269. The highest BCUT2D eigenvalue weighted by atomic mass is 16.6. The van der Waals surface area contributed by atoms with Crippen molar-refractivity contribution in [3.8, 4) is 0 Å². The Labute approximate surface area is 113 Å². The molecule has 7 nitrogen and oxygen atoms in total. The van der Waals surface area contributed by atoms with Gasteiger partial charge in [-0.1, -0.05) is 13.3 Å². The molecule has 0 bridgehead atoms.